The SMILES string of the molecule is CCC1CCC(Nc2nc(Cl)c(Cl)cc2Cl)CC1. The maximum atomic E-state index is 6.11. The first kappa shape index (κ1) is 14.2. The Kier molecular flexibility index (Phi) is 4.99. The highest BCUT2D eigenvalue weighted by Gasteiger charge is 2.21. The van der Waals surface area contributed by atoms with Crippen LogP contribution in [0.2, 0.25) is 15.2 Å². The van der Waals surface area contributed by atoms with Gasteiger partial charge in [0.15, 0.2) is 0 Å². The molecule has 100 valence electrons. The largest absolute Gasteiger partial charge is 0.366 e. The van der Waals surface area contributed by atoms with E-state index in [0.717, 1.165) is 18.8 Å². The van der Waals surface area contributed by atoms with Crippen LogP contribution in [-0.2, 0) is 0 Å². The van der Waals surface area contributed by atoms with Crippen molar-refractivity contribution < 1.29 is 0 Å². The molecule has 0 aliphatic heterocycles. The van der Waals surface area contributed by atoms with Crippen LogP contribution < -0.4 is 5.32 Å². The Morgan fingerprint density at radius 1 is 1.17 bits per heavy atom. The van der Waals surface area contributed by atoms with Crippen molar-refractivity contribution >= 4 is 40.6 Å². The predicted octanol–water partition coefficient (Wildman–Crippen LogP) is 5.42. The van der Waals surface area contributed by atoms with E-state index >= 15 is 0 Å². The van der Waals surface area contributed by atoms with Gasteiger partial charge in [0.05, 0.1) is 10.0 Å². The fourth-order valence-corrected chi connectivity index (χ4v) is 3.01. The number of pyridine rings is 1. The van der Waals surface area contributed by atoms with Gasteiger partial charge in [0.2, 0.25) is 0 Å². The fourth-order valence-electron chi connectivity index (χ4n) is 2.45. The van der Waals surface area contributed by atoms with Gasteiger partial charge < -0.3 is 5.32 Å². The van der Waals surface area contributed by atoms with Crippen molar-refractivity contribution in [2.75, 3.05) is 5.32 Å². The second-order valence-electron chi connectivity index (χ2n) is 4.86. The van der Waals surface area contributed by atoms with Crippen molar-refractivity contribution in [3.63, 3.8) is 0 Å². The van der Waals surface area contributed by atoms with Gasteiger partial charge in [-0.2, -0.15) is 0 Å². The summed E-state index contributed by atoms with van der Waals surface area (Å²) >= 11 is 17.9. The highest BCUT2D eigenvalue weighted by molar-refractivity contribution is 6.42. The molecule has 0 radical (unpaired) electrons. The summed E-state index contributed by atoms with van der Waals surface area (Å²) in [5.74, 6) is 1.52. The lowest BCUT2D eigenvalue weighted by Crippen LogP contribution is -2.26. The Morgan fingerprint density at radius 2 is 1.83 bits per heavy atom. The van der Waals surface area contributed by atoms with E-state index in [4.69, 9.17) is 34.8 Å². The number of rotatable bonds is 3. The van der Waals surface area contributed by atoms with E-state index in [1.54, 1.807) is 6.07 Å². The summed E-state index contributed by atoms with van der Waals surface area (Å²) in [5.41, 5.74) is 0. The monoisotopic (exact) mass is 306 g/mol. The molecule has 1 aliphatic carbocycles. The Morgan fingerprint density at radius 3 is 2.44 bits per heavy atom. The summed E-state index contributed by atoms with van der Waals surface area (Å²) < 4.78 is 0. The smallest absolute Gasteiger partial charge is 0.150 e. The number of nitrogens with zero attached hydrogens (tertiary/aromatic N) is 1. The normalized spacial score (nSPS) is 24.0. The Bertz CT molecular complexity index is 415. The van der Waals surface area contributed by atoms with E-state index in [1.807, 2.05) is 0 Å². The molecule has 1 aromatic rings. The first-order valence-electron chi connectivity index (χ1n) is 6.38. The summed E-state index contributed by atoms with van der Waals surface area (Å²) in [6.07, 6.45) is 6.15. The summed E-state index contributed by atoms with van der Waals surface area (Å²) in [4.78, 5) is 4.20. The van der Waals surface area contributed by atoms with Crippen LogP contribution in [-0.4, -0.2) is 11.0 Å². The molecular weight excluding hydrogens is 291 g/mol. The second kappa shape index (κ2) is 6.31. The van der Waals surface area contributed by atoms with E-state index < -0.39 is 0 Å². The summed E-state index contributed by atoms with van der Waals surface area (Å²) in [6, 6.07) is 2.08. The number of aromatic nitrogens is 1. The number of anilines is 1. The van der Waals surface area contributed by atoms with Gasteiger partial charge in [0.1, 0.15) is 11.0 Å². The van der Waals surface area contributed by atoms with Crippen LogP contribution in [0.25, 0.3) is 0 Å². The van der Waals surface area contributed by atoms with Crippen LogP contribution in [0.1, 0.15) is 39.0 Å². The van der Waals surface area contributed by atoms with Gasteiger partial charge in [-0.05, 0) is 37.7 Å². The van der Waals surface area contributed by atoms with Gasteiger partial charge in [-0.1, -0.05) is 48.1 Å². The first-order valence-corrected chi connectivity index (χ1v) is 7.51. The lowest BCUT2D eigenvalue weighted by atomic mass is 9.84. The van der Waals surface area contributed by atoms with Gasteiger partial charge in [-0.15, -0.1) is 0 Å². The highest BCUT2D eigenvalue weighted by atomic mass is 35.5. The molecule has 2 rings (SSSR count). The molecule has 1 heterocycles. The standard InChI is InChI=1S/C13H17Cl3N2/c1-2-8-3-5-9(6-4-8)17-13-11(15)7-10(14)12(16)18-13/h7-9H,2-6H2,1H3,(H,17,18). The predicted molar refractivity (Wildman–Crippen MR) is 78.9 cm³/mol. The quantitative estimate of drug-likeness (QED) is 0.754. The Labute approximate surface area is 123 Å². The van der Waals surface area contributed by atoms with E-state index in [0.29, 0.717) is 27.1 Å². The summed E-state index contributed by atoms with van der Waals surface area (Å²) in [7, 11) is 0. The maximum absolute atomic E-state index is 6.11. The zero-order valence-electron chi connectivity index (χ0n) is 10.3. The molecule has 0 unspecified atom stereocenters. The van der Waals surface area contributed by atoms with Gasteiger partial charge in [-0.25, -0.2) is 4.98 Å². The fraction of sp³-hybridized carbons (Fsp3) is 0.615. The van der Waals surface area contributed by atoms with Crippen LogP contribution in [0.3, 0.4) is 0 Å². The third-order valence-corrected chi connectivity index (χ3v) is 4.61. The van der Waals surface area contributed by atoms with E-state index in [-0.39, 0.29) is 0 Å². The molecule has 1 aliphatic rings. The van der Waals surface area contributed by atoms with Crippen molar-refractivity contribution in [1.29, 1.82) is 0 Å². The average molecular weight is 308 g/mol. The van der Waals surface area contributed by atoms with Crippen molar-refractivity contribution in [3.05, 3.63) is 21.3 Å². The third-order valence-electron chi connectivity index (χ3n) is 3.65. The van der Waals surface area contributed by atoms with Crippen LogP contribution in [0.4, 0.5) is 5.82 Å². The van der Waals surface area contributed by atoms with E-state index in [2.05, 4.69) is 17.2 Å². The topological polar surface area (TPSA) is 24.9 Å². The minimum absolute atomic E-state index is 0.297. The molecule has 2 nitrogen and oxygen atoms in total. The molecule has 0 amide bonds. The van der Waals surface area contributed by atoms with E-state index in [9.17, 15) is 0 Å². The Balaban J connectivity index is 2.00. The highest BCUT2D eigenvalue weighted by Crippen LogP contribution is 2.32. The molecule has 1 saturated carbocycles. The molecule has 5 heteroatoms. The molecule has 0 aromatic carbocycles. The molecule has 1 fully saturated rings. The maximum Gasteiger partial charge on any atom is 0.150 e. The van der Waals surface area contributed by atoms with E-state index in [1.165, 1.54) is 19.3 Å². The summed E-state index contributed by atoms with van der Waals surface area (Å²) in [5, 5.41) is 4.59. The van der Waals surface area contributed by atoms with Crippen LogP contribution in [0, 0.1) is 5.92 Å². The summed E-state index contributed by atoms with van der Waals surface area (Å²) in [6.45, 7) is 2.26. The van der Waals surface area contributed by atoms with Crippen molar-refractivity contribution in [2.24, 2.45) is 5.92 Å². The number of halogens is 3. The number of nitrogens with one attached hydrogen (secondary N) is 1. The van der Waals surface area contributed by atoms with Gasteiger partial charge in [-0.3, -0.25) is 0 Å². The number of hydrogen-bond donors (Lipinski definition) is 1. The molecule has 0 bridgehead atoms. The third kappa shape index (κ3) is 3.43. The second-order valence-corrected chi connectivity index (χ2v) is 6.03. The lowest BCUT2D eigenvalue weighted by molar-refractivity contribution is 0.330. The first-order chi connectivity index (χ1) is 8.60. The van der Waals surface area contributed by atoms with Crippen LogP contribution in [0.5, 0.6) is 0 Å². The molecule has 0 atom stereocenters. The molecule has 18 heavy (non-hydrogen) atoms. The molecule has 0 spiro atoms. The van der Waals surface area contributed by atoms with Crippen molar-refractivity contribution in [1.82, 2.24) is 4.98 Å². The number of hydrogen-bond acceptors (Lipinski definition) is 2. The van der Waals surface area contributed by atoms with Crippen molar-refractivity contribution in [2.45, 2.75) is 45.1 Å². The van der Waals surface area contributed by atoms with Crippen molar-refractivity contribution in [3.8, 4) is 0 Å². The minimum Gasteiger partial charge on any atom is -0.366 e. The van der Waals surface area contributed by atoms with Crippen LogP contribution >= 0.6 is 34.8 Å². The van der Waals surface area contributed by atoms with Gasteiger partial charge in [0, 0.05) is 6.04 Å². The lowest BCUT2D eigenvalue weighted by Gasteiger charge is -2.29. The van der Waals surface area contributed by atoms with Crippen LogP contribution in [0.15, 0.2) is 6.07 Å². The zero-order valence-corrected chi connectivity index (χ0v) is 12.6. The zero-order chi connectivity index (χ0) is 13.1. The van der Waals surface area contributed by atoms with Gasteiger partial charge in [0.25, 0.3) is 0 Å². The molecule has 1 aromatic heterocycles. The minimum atomic E-state index is 0.297. The Hall–Kier alpha value is -0.180. The van der Waals surface area contributed by atoms with Gasteiger partial charge >= 0.3 is 0 Å². The molecule has 0 saturated heterocycles. The average Bonchev–Trinajstić information content (AvgIpc) is 2.37. The molecule has 1 N–H and O–H groups in total. The molecular formula is C13H17Cl3N2.